The molecule has 0 atom stereocenters. The number of nitrogens with one attached hydrogen (secondary N) is 1. The van der Waals surface area contributed by atoms with E-state index in [4.69, 9.17) is 9.47 Å². The van der Waals surface area contributed by atoms with Crippen LogP contribution in [0.4, 0.5) is 10.6 Å². The number of carbonyl (C=O) groups is 1. The molecule has 22 heavy (non-hydrogen) atoms. The van der Waals surface area contributed by atoms with Crippen LogP contribution in [0.1, 0.15) is 26.3 Å². The minimum Gasteiger partial charge on any atom is -0.497 e. The van der Waals surface area contributed by atoms with Gasteiger partial charge in [-0.05, 0) is 38.5 Å². The number of benzene rings is 1. The van der Waals surface area contributed by atoms with Crippen LogP contribution in [0.2, 0.25) is 0 Å². The first-order valence-electron chi connectivity index (χ1n) is 7.02. The zero-order valence-corrected chi connectivity index (χ0v) is 13.3. The number of ether oxygens (including phenoxy) is 2. The van der Waals surface area contributed by atoms with E-state index in [1.165, 1.54) is 0 Å². The average Bonchev–Trinajstić information content (AvgIpc) is 2.84. The molecular formula is C16H21N3O3. The van der Waals surface area contributed by atoms with Gasteiger partial charge in [-0.2, -0.15) is 5.10 Å². The molecule has 1 heterocycles. The molecule has 0 bridgehead atoms. The number of methoxy groups -OCH3 is 1. The van der Waals surface area contributed by atoms with Crippen molar-refractivity contribution in [2.75, 3.05) is 12.4 Å². The molecule has 2 rings (SSSR count). The van der Waals surface area contributed by atoms with Gasteiger partial charge in [0.1, 0.15) is 11.4 Å². The van der Waals surface area contributed by atoms with Crippen molar-refractivity contribution in [1.82, 2.24) is 9.78 Å². The van der Waals surface area contributed by atoms with E-state index in [0.29, 0.717) is 12.4 Å². The predicted molar refractivity (Wildman–Crippen MR) is 84.2 cm³/mol. The third-order valence-corrected chi connectivity index (χ3v) is 2.77. The lowest BCUT2D eigenvalue weighted by molar-refractivity contribution is 0.0635. The molecule has 6 heteroatoms. The van der Waals surface area contributed by atoms with Crippen molar-refractivity contribution in [3.05, 3.63) is 42.1 Å². The standard InChI is InChI=1S/C16H21N3O3/c1-16(2,3)22-15(20)17-14-9-10-19(18-14)11-12-5-7-13(21-4)8-6-12/h5-10H,11H2,1-4H3,(H,17,18,20). The normalized spacial score (nSPS) is 11.1. The molecule has 2 aromatic rings. The molecule has 118 valence electrons. The minimum atomic E-state index is -0.532. The lowest BCUT2D eigenvalue weighted by Gasteiger charge is -2.19. The molecule has 0 aliphatic heterocycles. The molecule has 1 N–H and O–H groups in total. The molecule has 0 aliphatic carbocycles. The fraction of sp³-hybridized carbons (Fsp3) is 0.375. The van der Waals surface area contributed by atoms with Crippen molar-refractivity contribution >= 4 is 11.9 Å². The number of aromatic nitrogens is 2. The molecule has 0 unspecified atom stereocenters. The van der Waals surface area contributed by atoms with Crippen LogP contribution in [-0.4, -0.2) is 28.6 Å². The van der Waals surface area contributed by atoms with Gasteiger partial charge in [0.15, 0.2) is 5.82 Å². The van der Waals surface area contributed by atoms with Gasteiger partial charge >= 0.3 is 6.09 Å². The lowest BCUT2D eigenvalue weighted by Crippen LogP contribution is -2.27. The average molecular weight is 303 g/mol. The molecule has 0 radical (unpaired) electrons. The van der Waals surface area contributed by atoms with E-state index in [-0.39, 0.29) is 0 Å². The number of anilines is 1. The van der Waals surface area contributed by atoms with Crippen LogP contribution >= 0.6 is 0 Å². The Morgan fingerprint density at radius 1 is 1.23 bits per heavy atom. The Hall–Kier alpha value is -2.50. The molecule has 0 spiro atoms. The number of rotatable bonds is 4. The van der Waals surface area contributed by atoms with E-state index >= 15 is 0 Å². The van der Waals surface area contributed by atoms with Crippen LogP contribution in [0, 0.1) is 0 Å². The third kappa shape index (κ3) is 4.80. The summed E-state index contributed by atoms with van der Waals surface area (Å²) in [6, 6.07) is 9.48. The summed E-state index contributed by atoms with van der Waals surface area (Å²) in [5, 5.41) is 6.90. The van der Waals surface area contributed by atoms with E-state index in [0.717, 1.165) is 11.3 Å². The number of amides is 1. The number of carbonyl (C=O) groups excluding carboxylic acids is 1. The van der Waals surface area contributed by atoms with Gasteiger partial charge in [-0.15, -0.1) is 0 Å². The van der Waals surface area contributed by atoms with Crippen LogP contribution in [0.25, 0.3) is 0 Å². The summed E-state index contributed by atoms with van der Waals surface area (Å²) in [6.07, 6.45) is 1.29. The number of hydrogen-bond acceptors (Lipinski definition) is 4. The molecule has 0 saturated carbocycles. The van der Waals surface area contributed by atoms with Gasteiger partial charge in [0.2, 0.25) is 0 Å². The molecule has 1 aromatic carbocycles. The largest absolute Gasteiger partial charge is 0.497 e. The van der Waals surface area contributed by atoms with Gasteiger partial charge in [0, 0.05) is 12.3 Å². The van der Waals surface area contributed by atoms with Crippen LogP contribution in [0.5, 0.6) is 5.75 Å². The Labute approximate surface area is 130 Å². The molecule has 0 fully saturated rings. The third-order valence-electron chi connectivity index (χ3n) is 2.77. The highest BCUT2D eigenvalue weighted by atomic mass is 16.6. The minimum absolute atomic E-state index is 0.461. The van der Waals surface area contributed by atoms with E-state index in [9.17, 15) is 4.79 Å². The quantitative estimate of drug-likeness (QED) is 0.941. The number of nitrogens with zero attached hydrogens (tertiary/aromatic N) is 2. The summed E-state index contributed by atoms with van der Waals surface area (Å²) in [5.74, 6) is 1.28. The summed E-state index contributed by atoms with van der Waals surface area (Å²) in [5.41, 5.74) is 0.558. The highest BCUT2D eigenvalue weighted by Gasteiger charge is 2.16. The zero-order valence-electron chi connectivity index (χ0n) is 13.3. The van der Waals surface area contributed by atoms with Gasteiger partial charge in [-0.1, -0.05) is 12.1 Å². The maximum absolute atomic E-state index is 11.7. The van der Waals surface area contributed by atoms with Crippen molar-refractivity contribution < 1.29 is 14.3 Å². The van der Waals surface area contributed by atoms with Crippen molar-refractivity contribution in [3.8, 4) is 5.75 Å². The second kappa shape index (κ2) is 6.51. The Morgan fingerprint density at radius 2 is 1.91 bits per heavy atom. The van der Waals surface area contributed by atoms with Crippen LogP contribution in [-0.2, 0) is 11.3 Å². The highest BCUT2D eigenvalue weighted by Crippen LogP contribution is 2.13. The molecule has 0 aliphatic rings. The second-order valence-corrected chi connectivity index (χ2v) is 5.87. The van der Waals surface area contributed by atoms with Crippen LogP contribution < -0.4 is 10.1 Å². The van der Waals surface area contributed by atoms with Gasteiger partial charge in [-0.3, -0.25) is 10.00 Å². The van der Waals surface area contributed by atoms with E-state index in [1.54, 1.807) is 24.1 Å². The molecule has 6 nitrogen and oxygen atoms in total. The summed E-state index contributed by atoms with van der Waals surface area (Å²) >= 11 is 0. The maximum Gasteiger partial charge on any atom is 0.413 e. The van der Waals surface area contributed by atoms with Gasteiger partial charge in [-0.25, -0.2) is 4.79 Å². The van der Waals surface area contributed by atoms with E-state index in [1.807, 2.05) is 45.0 Å². The van der Waals surface area contributed by atoms with E-state index < -0.39 is 11.7 Å². The van der Waals surface area contributed by atoms with E-state index in [2.05, 4.69) is 10.4 Å². The van der Waals surface area contributed by atoms with Gasteiger partial charge in [0.05, 0.1) is 13.7 Å². The summed E-state index contributed by atoms with van der Waals surface area (Å²) in [7, 11) is 1.64. The Morgan fingerprint density at radius 3 is 2.50 bits per heavy atom. The van der Waals surface area contributed by atoms with Gasteiger partial charge in [0.25, 0.3) is 0 Å². The number of hydrogen-bond donors (Lipinski definition) is 1. The summed E-state index contributed by atoms with van der Waals surface area (Å²) < 4.78 is 12.0. The fourth-order valence-electron chi connectivity index (χ4n) is 1.84. The second-order valence-electron chi connectivity index (χ2n) is 5.87. The molecule has 0 saturated heterocycles. The van der Waals surface area contributed by atoms with Crippen LogP contribution in [0.15, 0.2) is 36.5 Å². The zero-order chi connectivity index (χ0) is 16.2. The Kier molecular flexibility index (Phi) is 4.70. The Bertz CT molecular complexity index is 627. The summed E-state index contributed by atoms with van der Waals surface area (Å²) in [6.45, 7) is 6.05. The monoisotopic (exact) mass is 303 g/mol. The smallest absolute Gasteiger partial charge is 0.413 e. The highest BCUT2D eigenvalue weighted by molar-refractivity contribution is 5.83. The maximum atomic E-state index is 11.7. The fourth-order valence-corrected chi connectivity index (χ4v) is 1.84. The van der Waals surface area contributed by atoms with Crippen molar-refractivity contribution in [1.29, 1.82) is 0 Å². The molecule has 1 aromatic heterocycles. The molecular weight excluding hydrogens is 282 g/mol. The Balaban J connectivity index is 1.94. The SMILES string of the molecule is COc1ccc(Cn2ccc(NC(=O)OC(C)(C)C)n2)cc1. The van der Waals surface area contributed by atoms with Crippen molar-refractivity contribution in [3.63, 3.8) is 0 Å². The predicted octanol–water partition coefficient (Wildman–Crippen LogP) is 3.29. The first-order chi connectivity index (χ1) is 10.4. The molecule has 1 amide bonds. The summed E-state index contributed by atoms with van der Waals surface area (Å²) in [4.78, 5) is 11.7. The topological polar surface area (TPSA) is 65.4 Å². The van der Waals surface area contributed by atoms with Crippen molar-refractivity contribution in [2.24, 2.45) is 0 Å². The first kappa shape index (κ1) is 15.9. The first-order valence-corrected chi connectivity index (χ1v) is 7.02. The van der Waals surface area contributed by atoms with Crippen LogP contribution in [0.3, 0.4) is 0 Å². The lowest BCUT2D eigenvalue weighted by atomic mass is 10.2. The van der Waals surface area contributed by atoms with Gasteiger partial charge < -0.3 is 9.47 Å². The van der Waals surface area contributed by atoms with Crippen molar-refractivity contribution in [2.45, 2.75) is 32.9 Å².